The number of benzene rings is 1. The van der Waals surface area contributed by atoms with Gasteiger partial charge in [-0.2, -0.15) is 0 Å². The Bertz CT molecular complexity index is 500. The number of hydrogen-bond donors (Lipinski definition) is 1. The van der Waals surface area contributed by atoms with Crippen LogP contribution in [0, 0.1) is 12.7 Å². The molecule has 0 atom stereocenters. The minimum Gasteiger partial charge on any atom is -0.330 e. The summed E-state index contributed by atoms with van der Waals surface area (Å²) in [5, 5.41) is 0. The van der Waals surface area contributed by atoms with Gasteiger partial charge >= 0.3 is 0 Å². The molecule has 4 heteroatoms. The fourth-order valence-electron chi connectivity index (χ4n) is 1.89. The zero-order chi connectivity index (χ0) is 11.7. The summed E-state index contributed by atoms with van der Waals surface area (Å²) in [6, 6.07) is 6.40. The van der Waals surface area contributed by atoms with Gasteiger partial charge in [0.2, 0.25) is 0 Å². The van der Waals surface area contributed by atoms with Gasteiger partial charge in [0.05, 0.1) is 17.9 Å². The number of halogens is 1. The van der Waals surface area contributed by atoms with Crippen molar-refractivity contribution < 1.29 is 4.39 Å². The van der Waals surface area contributed by atoms with Crippen molar-refractivity contribution in [3.05, 3.63) is 41.6 Å². The Morgan fingerprint density at radius 2 is 1.94 bits per heavy atom. The van der Waals surface area contributed by atoms with E-state index < -0.39 is 0 Å². The molecule has 0 amide bonds. The molecule has 0 saturated heterocycles. The first kappa shape index (κ1) is 10.8. The molecular weight excluding hydrogens is 205 g/mol. The van der Waals surface area contributed by atoms with Crippen LogP contribution in [0.4, 0.5) is 4.39 Å². The SMILES string of the molecule is Cc1nc(CN)n(C)c1-c1ccc(F)cc1. The van der Waals surface area contributed by atoms with Crippen molar-refractivity contribution in [2.75, 3.05) is 0 Å². The summed E-state index contributed by atoms with van der Waals surface area (Å²) in [7, 11) is 1.92. The highest BCUT2D eigenvalue weighted by Gasteiger charge is 2.11. The van der Waals surface area contributed by atoms with E-state index in [2.05, 4.69) is 4.98 Å². The Balaban J connectivity index is 2.55. The topological polar surface area (TPSA) is 43.8 Å². The van der Waals surface area contributed by atoms with Crippen LogP contribution in [-0.4, -0.2) is 9.55 Å². The highest BCUT2D eigenvalue weighted by Crippen LogP contribution is 2.23. The maximum absolute atomic E-state index is 12.8. The summed E-state index contributed by atoms with van der Waals surface area (Å²) < 4.78 is 14.8. The van der Waals surface area contributed by atoms with E-state index in [9.17, 15) is 4.39 Å². The summed E-state index contributed by atoms with van der Waals surface area (Å²) in [5.41, 5.74) is 8.44. The van der Waals surface area contributed by atoms with Crippen molar-refractivity contribution in [3.8, 4) is 11.3 Å². The smallest absolute Gasteiger partial charge is 0.123 e. The largest absolute Gasteiger partial charge is 0.330 e. The molecule has 1 heterocycles. The summed E-state index contributed by atoms with van der Waals surface area (Å²) >= 11 is 0. The first-order valence-corrected chi connectivity index (χ1v) is 5.11. The van der Waals surface area contributed by atoms with Crippen molar-refractivity contribution in [2.24, 2.45) is 12.8 Å². The van der Waals surface area contributed by atoms with Crippen LogP contribution in [0.5, 0.6) is 0 Å². The third kappa shape index (κ3) is 1.72. The van der Waals surface area contributed by atoms with E-state index >= 15 is 0 Å². The molecule has 0 radical (unpaired) electrons. The van der Waals surface area contributed by atoms with Crippen LogP contribution in [0.15, 0.2) is 24.3 Å². The van der Waals surface area contributed by atoms with Crippen LogP contribution >= 0.6 is 0 Å². The average molecular weight is 219 g/mol. The molecule has 0 aliphatic heterocycles. The zero-order valence-corrected chi connectivity index (χ0v) is 9.37. The van der Waals surface area contributed by atoms with Gasteiger partial charge in [-0.15, -0.1) is 0 Å². The van der Waals surface area contributed by atoms with Crippen LogP contribution in [-0.2, 0) is 13.6 Å². The van der Waals surface area contributed by atoms with Crippen molar-refractivity contribution >= 4 is 0 Å². The summed E-state index contributed by atoms with van der Waals surface area (Å²) in [6.45, 7) is 2.33. The van der Waals surface area contributed by atoms with E-state index in [-0.39, 0.29) is 5.82 Å². The number of aromatic nitrogens is 2. The predicted molar refractivity (Wildman–Crippen MR) is 61.2 cm³/mol. The summed E-state index contributed by atoms with van der Waals surface area (Å²) in [6.07, 6.45) is 0. The summed E-state index contributed by atoms with van der Waals surface area (Å²) in [4.78, 5) is 4.37. The first-order valence-electron chi connectivity index (χ1n) is 5.11. The van der Waals surface area contributed by atoms with Gasteiger partial charge in [0, 0.05) is 12.6 Å². The Kier molecular flexibility index (Phi) is 2.75. The number of nitrogens with zero attached hydrogens (tertiary/aromatic N) is 2. The molecule has 0 bridgehead atoms. The maximum atomic E-state index is 12.8. The molecule has 0 aliphatic rings. The molecule has 0 fully saturated rings. The number of aryl methyl sites for hydroxylation is 1. The molecule has 2 aromatic rings. The Hall–Kier alpha value is -1.68. The molecule has 1 aromatic carbocycles. The lowest BCUT2D eigenvalue weighted by Gasteiger charge is -2.05. The van der Waals surface area contributed by atoms with E-state index in [1.165, 1.54) is 12.1 Å². The van der Waals surface area contributed by atoms with Crippen LogP contribution < -0.4 is 5.73 Å². The number of imidazole rings is 1. The maximum Gasteiger partial charge on any atom is 0.123 e. The van der Waals surface area contributed by atoms with Crippen molar-refractivity contribution in [1.82, 2.24) is 9.55 Å². The van der Waals surface area contributed by atoms with E-state index in [0.717, 1.165) is 22.8 Å². The second-order valence-electron chi connectivity index (χ2n) is 3.73. The van der Waals surface area contributed by atoms with E-state index in [1.807, 2.05) is 18.5 Å². The molecule has 0 spiro atoms. The lowest BCUT2D eigenvalue weighted by Crippen LogP contribution is -2.05. The Morgan fingerprint density at radius 3 is 2.44 bits per heavy atom. The van der Waals surface area contributed by atoms with Crippen LogP contribution in [0.3, 0.4) is 0 Å². The van der Waals surface area contributed by atoms with Crippen LogP contribution in [0.1, 0.15) is 11.5 Å². The number of nitrogens with two attached hydrogens (primary N) is 1. The van der Waals surface area contributed by atoms with Gasteiger partial charge in [-0.05, 0) is 31.2 Å². The van der Waals surface area contributed by atoms with Gasteiger partial charge in [-0.25, -0.2) is 9.37 Å². The molecule has 0 aliphatic carbocycles. The number of hydrogen-bond acceptors (Lipinski definition) is 2. The van der Waals surface area contributed by atoms with Gasteiger partial charge in [0.25, 0.3) is 0 Å². The molecule has 3 nitrogen and oxygen atoms in total. The molecule has 16 heavy (non-hydrogen) atoms. The predicted octanol–water partition coefficient (Wildman–Crippen LogP) is 1.99. The van der Waals surface area contributed by atoms with Gasteiger partial charge in [0.1, 0.15) is 11.6 Å². The Labute approximate surface area is 93.7 Å². The lowest BCUT2D eigenvalue weighted by atomic mass is 10.1. The normalized spacial score (nSPS) is 10.8. The van der Waals surface area contributed by atoms with Gasteiger partial charge in [-0.3, -0.25) is 0 Å². The third-order valence-electron chi connectivity index (χ3n) is 2.66. The first-order chi connectivity index (χ1) is 7.63. The highest BCUT2D eigenvalue weighted by molar-refractivity contribution is 5.62. The highest BCUT2D eigenvalue weighted by atomic mass is 19.1. The van der Waals surface area contributed by atoms with Crippen LogP contribution in [0.25, 0.3) is 11.3 Å². The number of rotatable bonds is 2. The second kappa shape index (κ2) is 4.06. The standard InChI is InChI=1S/C12H14FN3/c1-8-12(16(2)11(7-14)15-8)9-3-5-10(13)6-4-9/h3-6H,7,14H2,1-2H3. The average Bonchev–Trinajstić information content (AvgIpc) is 2.56. The van der Waals surface area contributed by atoms with Crippen LogP contribution in [0.2, 0.25) is 0 Å². The molecule has 0 saturated carbocycles. The fourth-order valence-corrected chi connectivity index (χ4v) is 1.89. The molecule has 1 aromatic heterocycles. The molecule has 0 unspecified atom stereocenters. The minimum atomic E-state index is -0.234. The Morgan fingerprint density at radius 1 is 1.31 bits per heavy atom. The monoisotopic (exact) mass is 219 g/mol. The van der Waals surface area contributed by atoms with Gasteiger partial charge in [-0.1, -0.05) is 0 Å². The minimum absolute atomic E-state index is 0.234. The molecule has 84 valence electrons. The second-order valence-corrected chi connectivity index (χ2v) is 3.73. The quantitative estimate of drug-likeness (QED) is 0.839. The van der Waals surface area contributed by atoms with Crippen molar-refractivity contribution in [2.45, 2.75) is 13.5 Å². The van der Waals surface area contributed by atoms with E-state index in [4.69, 9.17) is 5.73 Å². The lowest BCUT2D eigenvalue weighted by molar-refractivity contribution is 0.628. The summed E-state index contributed by atoms with van der Waals surface area (Å²) in [5.74, 6) is 0.597. The molecule has 2 rings (SSSR count). The van der Waals surface area contributed by atoms with E-state index in [0.29, 0.717) is 6.54 Å². The van der Waals surface area contributed by atoms with Crippen molar-refractivity contribution in [1.29, 1.82) is 0 Å². The van der Waals surface area contributed by atoms with Gasteiger partial charge < -0.3 is 10.3 Å². The third-order valence-corrected chi connectivity index (χ3v) is 2.66. The fraction of sp³-hybridized carbons (Fsp3) is 0.250. The zero-order valence-electron chi connectivity index (χ0n) is 9.37. The molecular formula is C12H14FN3. The van der Waals surface area contributed by atoms with Gasteiger partial charge in [0.15, 0.2) is 0 Å². The molecule has 2 N–H and O–H groups in total. The van der Waals surface area contributed by atoms with Crippen molar-refractivity contribution in [3.63, 3.8) is 0 Å². The van der Waals surface area contributed by atoms with E-state index in [1.54, 1.807) is 12.1 Å².